The van der Waals surface area contributed by atoms with Crippen molar-refractivity contribution in [3.8, 4) is 5.75 Å². The molecule has 6 heteroatoms. The molecule has 1 aliphatic rings. The van der Waals surface area contributed by atoms with Crippen molar-refractivity contribution in [3.05, 3.63) is 45.1 Å². The molecule has 1 aromatic carbocycles. The third kappa shape index (κ3) is 2.09. The molecule has 0 saturated heterocycles. The molecule has 0 amide bonds. The van der Waals surface area contributed by atoms with Gasteiger partial charge in [-0.1, -0.05) is 17.7 Å². The molecule has 1 aromatic heterocycles. The predicted molar refractivity (Wildman–Crippen MR) is 68.4 cm³/mol. The average molecular weight is 285 g/mol. The number of nitrogens with zero attached hydrogens (tertiary/aromatic N) is 1. The third-order valence-corrected chi connectivity index (χ3v) is 4.09. The van der Waals surface area contributed by atoms with Gasteiger partial charge in [-0.25, -0.2) is 9.37 Å². The first kappa shape index (κ1) is 11.9. The summed E-state index contributed by atoms with van der Waals surface area (Å²) in [6.45, 7) is 0. The van der Waals surface area contributed by atoms with Gasteiger partial charge in [-0.15, -0.1) is 11.3 Å². The molecule has 18 heavy (non-hydrogen) atoms. The molecular formula is C12H10ClFN2OS. The number of nitrogens with two attached hydrogens (primary N) is 1. The zero-order valence-electron chi connectivity index (χ0n) is 9.27. The van der Waals surface area contributed by atoms with Crippen molar-refractivity contribution >= 4 is 22.9 Å². The van der Waals surface area contributed by atoms with E-state index in [1.165, 1.54) is 23.5 Å². The van der Waals surface area contributed by atoms with Crippen LogP contribution in [0.4, 0.5) is 4.39 Å². The van der Waals surface area contributed by atoms with E-state index in [2.05, 4.69) is 4.98 Å². The van der Waals surface area contributed by atoms with Gasteiger partial charge in [0.1, 0.15) is 20.9 Å². The maximum atomic E-state index is 13.2. The molecule has 0 aliphatic carbocycles. The standard InChI is InChI=1S/C12H10ClFN2OS/c13-11-5-16-12(18-11)10-4-8(15)7-2-1-6(14)3-9(7)17-10/h1-3,5,8,10H,4,15H2/t8-,10?/m1/s1. The molecule has 94 valence electrons. The second-order valence-corrected chi connectivity index (χ2v) is 5.83. The normalized spacial score (nSPS) is 22.4. The van der Waals surface area contributed by atoms with Crippen molar-refractivity contribution in [1.82, 2.24) is 4.98 Å². The average Bonchev–Trinajstić information content (AvgIpc) is 2.75. The number of ether oxygens (including phenoxy) is 1. The molecule has 3 nitrogen and oxygen atoms in total. The summed E-state index contributed by atoms with van der Waals surface area (Å²) in [5, 5.41) is 0.769. The fourth-order valence-electron chi connectivity index (χ4n) is 2.04. The van der Waals surface area contributed by atoms with E-state index in [-0.39, 0.29) is 18.0 Å². The van der Waals surface area contributed by atoms with Crippen molar-refractivity contribution in [2.75, 3.05) is 0 Å². The molecule has 2 heterocycles. The minimum absolute atomic E-state index is 0.179. The second kappa shape index (κ2) is 4.50. The Bertz CT molecular complexity index is 589. The highest BCUT2D eigenvalue weighted by Gasteiger charge is 2.29. The molecule has 2 N–H and O–H groups in total. The smallest absolute Gasteiger partial charge is 0.152 e. The van der Waals surface area contributed by atoms with Gasteiger partial charge < -0.3 is 10.5 Å². The first-order valence-electron chi connectivity index (χ1n) is 5.46. The molecule has 0 spiro atoms. The first-order chi connectivity index (χ1) is 8.63. The number of thiazole rings is 1. The van der Waals surface area contributed by atoms with Gasteiger partial charge in [0.15, 0.2) is 6.10 Å². The Balaban J connectivity index is 1.95. The van der Waals surface area contributed by atoms with Crippen molar-refractivity contribution in [3.63, 3.8) is 0 Å². The summed E-state index contributed by atoms with van der Waals surface area (Å²) >= 11 is 7.21. The maximum absolute atomic E-state index is 13.2. The molecule has 0 bridgehead atoms. The maximum Gasteiger partial charge on any atom is 0.152 e. The minimum Gasteiger partial charge on any atom is -0.483 e. The van der Waals surface area contributed by atoms with Gasteiger partial charge in [-0.05, 0) is 6.07 Å². The quantitative estimate of drug-likeness (QED) is 0.872. The van der Waals surface area contributed by atoms with Crippen LogP contribution < -0.4 is 10.5 Å². The number of rotatable bonds is 1. The van der Waals surface area contributed by atoms with Crippen molar-refractivity contribution < 1.29 is 9.13 Å². The van der Waals surface area contributed by atoms with E-state index in [9.17, 15) is 4.39 Å². The summed E-state index contributed by atoms with van der Waals surface area (Å²) in [6.07, 6.45) is 1.94. The highest BCUT2D eigenvalue weighted by Crippen LogP contribution is 2.41. The Morgan fingerprint density at radius 2 is 2.33 bits per heavy atom. The Morgan fingerprint density at radius 3 is 3.06 bits per heavy atom. The second-order valence-electron chi connectivity index (χ2n) is 4.13. The number of hydrogen-bond donors (Lipinski definition) is 1. The van der Waals surface area contributed by atoms with Crippen LogP contribution in [0.3, 0.4) is 0 Å². The van der Waals surface area contributed by atoms with Crippen LogP contribution in [-0.4, -0.2) is 4.98 Å². The highest BCUT2D eigenvalue weighted by molar-refractivity contribution is 7.15. The summed E-state index contributed by atoms with van der Waals surface area (Å²) in [5.41, 5.74) is 6.90. The first-order valence-corrected chi connectivity index (χ1v) is 6.66. The molecule has 1 aliphatic heterocycles. The summed E-state index contributed by atoms with van der Waals surface area (Å²) in [7, 11) is 0. The molecular weight excluding hydrogens is 275 g/mol. The Labute approximate surface area is 112 Å². The van der Waals surface area contributed by atoms with E-state index in [1.807, 2.05) is 0 Å². The fraction of sp³-hybridized carbons (Fsp3) is 0.250. The lowest BCUT2D eigenvalue weighted by Crippen LogP contribution is -2.24. The van der Waals surface area contributed by atoms with Crippen LogP contribution in [0.15, 0.2) is 24.4 Å². The zero-order chi connectivity index (χ0) is 12.7. The van der Waals surface area contributed by atoms with Gasteiger partial charge in [0.05, 0.1) is 6.20 Å². The van der Waals surface area contributed by atoms with Crippen molar-refractivity contribution in [2.24, 2.45) is 5.73 Å². The van der Waals surface area contributed by atoms with Crippen LogP contribution >= 0.6 is 22.9 Å². The van der Waals surface area contributed by atoms with E-state index in [0.717, 1.165) is 10.6 Å². The molecule has 0 fully saturated rings. The number of benzene rings is 1. The summed E-state index contributed by atoms with van der Waals surface area (Å²) < 4.78 is 19.6. The van der Waals surface area contributed by atoms with Crippen LogP contribution in [0.1, 0.15) is 29.1 Å². The van der Waals surface area contributed by atoms with Gasteiger partial charge in [0, 0.05) is 24.1 Å². The van der Waals surface area contributed by atoms with Crippen LogP contribution in [0, 0.1) is 5.82 Å². The number of fused-ring (bicyclic) bond motifs is 1. The van der Waals surface area contributed by atoms with Gasteiger partial charge in [0.25, 0.3) is 0 Å². The topological polar surface area (TPSA) is 48.1 Å². The fourth-order valence-corrected chi connectivity index (χ4v) is 3.01. The van der Waals surface area contributed by atoms with Gasteiger partial charge in [0.2, 0.25) is 0 Å². The molecule has 2 atom stereocenters. The summed E-state index contributed by atoms with van der Waals surface area (Å²) in [4.78, 5) is 4.18. The number of hydrogen-bond acceptors (Lipinski definition) is 4. The summed E-state index contributed by atoms with van der Waals surface area (Å²) in [6, 6.07) is 4.24. The van der Waals surface area contributed by atoms with Crippen LogP contribution in [0.25, 0.3) is 0 Å². The number of aromatic nitrogens is 1. The van der Waals surface area contributed by atoms with E-state index in [1.54, 1.807) is 12.3 Å². The lowest BCUT2D eigenvalue weighted by atomic mass is 9.97. The SMILES string of the molecule is N[C@@H]1CC(c2ncc(Cl)s2)Oc2cc(F)ccc21. The zero-order valence-corrected chi connectivity index (χ0v) is 10.8. The van der Waals surface area contributed by atoms with Crippen LogP contribution in [0.2, 0.25) is 4.34 Å². The Morgan fingerprint density at radius 1 is 1.50 bits per heavy atom. The van der Waals surface area contributed by atoms with E-state index in [0.29, 0.717) is 16.5 Å². The Kier molecular flexibility index (Phi) is 2.97. The van der Waals surface area contributed by atoms with Crippen LogP contribution in [-0.2, 0) is 0 Å². The largest absolute Gasteiger partial charge is 0.483 e. The van der Waals surface area contributed by atoms with E-state index >= 15 is 0 Å². The van der Waals surface area contributed by atoms with E-state index in [4.69, 9.17) is 22.1 Å². The Hall–Kier alpha value is -1.17. The molecule has 1 unspecified atom stereocenters. The minimum atomic E-state index is -0.334. The predicted octanol–water partition coefficient (Wildman–Crippen LogP) is 3.46. The third-order valence-electron chi connectivity index (χ3n) is 2.88. The van der Waals surface area contributed by atoms with Gasteiger partial charge in [-0.2, -0.15) is 0 Å². The molecule has 2 aromatic rings. The molecule has 3 rings (SSSR count). The van der Waals surface area contributed by atoms with Crippen molar-refractivity contribution in [1.29, 1.82) is 0 Å². The van der Waals surface area contributed by atoms with Gasteiger partial charge >= 0.3 is 0 Å². The highest BCUT2D eigenvalue weighted by atomic mass is 35.5. The lowest BCUT2D eigenvalue weighted by molar-refractivity contribution is 0.160. The molecule has 0 saturated carbocycles. The van der Waals surface area contributed by atoms with Crippen LogP contribution in [0.5, 0.6) is 5.75 Å². The lowest BCUT2D eigenvalue weighted by Gasteiger charge is -2.29. The monoisotopic (exact) mass is 284 g/mol. The van der Waals surface area contributed by atoms with Gasteiger partial charge in [-0.3, -0.25) is 0 Å². The van der Waals surface area contributed by atoms with E-state index < -0.39 is 0 Å². The molecule has 0 radical (unpaired) electrons. The summed E-state index contributed by atoms with van der Waals surface area (Å²) in [5.74, 6) is 0.156. The number of halogens is 2. The van der Waals surface area contributed by atoms with Crippen molar-refractivity contribution in [2.45, 2.75) is 18.6 Å².